The van der Waals surface area contributed by atoms with Gasteiger partial charge in [-0.15, -0.1) is 0 Å². The quantitative estimate of drug-likeness (QED) is 0.900. The highest BCUT2D eigenvalue weighted by atomic mass is 19.1. The second-order valence-electron chi connectivity index (χ2n) is 7.22. The van der Waals surface area contributed by atoms with Crippen molar-refractivity contribution in [3.05, 3.63) is 71.0 Å². The first-order valence-corrected chi connectivity index (χ1v) is 9.27. The lowest BCUT2D eigenvalue weighted by Gasteiger charge is -2.40. The Bertz CT molecular complexity index is 827. The van der Waals surface area contributed by atoms with Gasteiger partial charge in [-0.3, -0.25) is 9.59 Å². The monoisotopic (exact) mass is 368 g/mol. The zero-order valence-electron chi connectivity index (χ0n) is 15.8. The molecule has 142 valence electrons. The van der Waals surface area contributed by atoms with Crippen LogP contribution in [-0.2, 0) is 21.5 Å². The van der Waals surface area contributed by atoms with Gasteiger partial charge in [0.1, 0.15) is 5.82 Å². The number of aryl methyl sites for hydroxylation is 1. The fraction of sp³-hybridized carbons (Fsp3) is 0.364. The number of carbonyl (C=O) groups is 2. The highest BCUT2D eigenvalue weighted by Gasteiger charge is 2.43. The molecule has 1 heterocycles. The summed E-state index contributed by atoms with van der Waals surface area (Å²) in [5, 5.41) is 2.99. The molecule has 1 fully saturated rings. The molecule has 0 unspecified atom stereocenters. The minimum Gasteiger partial charge on any atom is -0.351 e. The summed E-state index contributed by atoms with van der Waals surface area (Å²) in [7, 11) is 0. The Morgan fingerprint density at radius 2 is 1.78 bits per heavy atom. The summed E-state index contributed by atoms with van der Waals surface area (Å²) in [6, 6.07) is 14.7. The van der Waals surface area contributed by atoms with Crippen LogP contribution in [0.5, 0.6) is 0 Å². The second-order valence-corrected chi connectivity index (χ2v) is 7.22. The molecule has 0 saturated carbocycles. The molecule has 0 atom stereocenters. The lowest BCUT2D eigenvalue weighted by Crippen LogP contribution is -2.52. The first kappa shape index (κ1) is 19.1. The Labute approximate surface area is 159 Å². The summed E-state index contributed by atoms with van der Waals surface area (Å²) in [4.78, 5) is 26.7. The number of rotatable bonds is 4. The summed E-state index contributed by atoms with van der Waals surface area (Å²) >= 11 is 0. The molecule has 1 aliphatic rings. The molecule has 0 spiro atoms. The summed E-state index contributed by atoms with van der Waals surface area (Å²) in [6.45, 7) is 4.65. The number of hydrogen-bond acceptors (Lipinski definition) is 2. The van der Waals surface area contributed by atoms with Gasteiger partial charge in [0.2, 0.25) is 11.8 Å². The molecule has 1 aliphatic heterocycles. The molecule has 2 aromatic rings. The van der Waals surface area contributed by atoms with Crippen LogP contribution in [0.4, 0.5) is 4.39 Å². The van der Waals surface area contributed by atoms with Gasteiger partial charge in [0.05, 0.1) is 5.41 Å². The Hall–Kier alpha value is -2.69. The minimum atomic E-state index is -0.670. The van der Waals surface area contributed by atoms with Crippen LogP contribution in [0.3, 0.4) is 0 Å². The molecule has 27 heavy (non-hydrogen) atoms. The van der Waals surface area contributed by atoms with Crippen LogP contribution in [0.25, 0.3) is 0 Å². The van der Waals surface area contributed by atoms with E-state index in [4.69, 9.17) is 0 Å². The predicted molar refractivity (Wildman–Crippen MR) is 103 cm³/mol. The van der Waals surface area contributed by atoms with E-state index in [0.29, 0.717) is 31.5 Å². The highest BCUT2D eigenvalue weighted by molar-refractivity contribution is 5.88. The molecular weight excluding hydrogens is 343 g/mol. The number of likely N-dealkylation sites (tertiary alicyclic amines) is 1. The number of carbonyl (C=O) groups excluding carboxylic acids is 2. The number of nitrogens with zero attached hydrogens (tertiary/aromatic N) is 1. The lowest BCUT2D eigenvalue weighted by molar-refractivity contribution is -0.135. The van der Waals surface area contributed by atoms with Crippen LogP contribution in [-0.4, -0.2) is 29.8 Å². The first-order chi connectivity index (χ1) is 12.9. The third-order valence-corrected chi connectivity index (χ3v) is 5.51. The normalized spacial score (nSPS) is 16.0. The smallest absolute Gasteiger partial charge is 0.231 e. The van der Waals surface area contributed by atoms with Crippen molar-refractivity contribution in [2.45, 2.75) is 38.6 Å². The first-order valence-electron chi connectivity index (χ1n) is 9.27. The second kappa shape index (κ2) is 7.91. The van der Waals surface area contributed by atoms with Crippen LogP contribution in [0.1, 0.15) is 36.5 Å². The van der Waals surface area contributed by atoms with E-state index < -0.39 is 5.41 Å². The van der Waals surface area contributed by atoms with Crippen LogP contribution in [0.2, 0.25) is 0 Å². The topological polar surface area (TPSA) is 49.4 Å². The van der Waals surface area contributed by atoms with Crippen molar-refractivity contribution in [1.29, 1.82) is 0 Å². The molecule has 2 amide bonds. The summed E-state index contributed by atoms with van der Waals surface area (Å²) in [6.07, 6.45) is 1.15. The SMILES string of the molecule is CC(=O)N1CCC(C(=O)NCc2ccc(C)c(F)c2)(c2ccccc2)CC1. The average Bonchev–Trinajstić information content (AvgIpc) is 2.69. The summed E-state index contributed by atoms with van der Waals surface area (Å²) in [5.41, 5.74) is 1.61. The number of halogens is 1. The molecule has 1 saturated heterocycles. The van der Waals surface area contributed by atoms with Gasteiger partial charge in [0.15, 0.2) is 0 Å². The van der Waals surface area contributed by atoms with Gasteiger partial charge in [0, 0.05) is 26.6 Å². The number of hydrogen-bond donors (Lipinski definition) is 1. The van der Waals surface area contributed by atoms with Crippen molar-refractivity contribution in [2.75, 3.05) is 13.1 Å². The van der Waals surface area contributed by atoms with E-state index in [1.165, 1.54) is 6.07 Å². The fourth-order valence-corrected chi connectivity index (χ4v) is 3.71. The van der Waals surface area contributed by atoms with E-state index >= 15 is 0 Å². The van der Waals surface area contributed by atoms with Crippen LogP contribution < -0.4 is 5.32 Å². The van der Waals surface area contributed by atoms with E-state index in [1.54, 1.807) is 24.8 Å². The third-order valence-electron chi connectivity index (χ3n) is 5.51. The van der Waals surface area contributed by atoms with Crippen molar-refractivity contribution in [3.63, 3.8) is 0 Å². The highest BCUT2D eigenvalue weighted by Crippen LogP contribution is 2.36. The standard InChI is InChI=1S/C22H25FN2O2/c1-16-8-9-18(14-20(16)23)15-24-21(27)22(19-6-4-3-5-7-19)10-12-25(13-11-22)17(2)26/h3-9,14H,10-13,15H2,1-2H3,(H,24,27). The minimum absolute atomic E-state index is 0.0344. The molecule has 5 heteroatoms. The Balaban J connectivity index is 1.79. The molecular formula is C22H25FN2O2. The van der Waals surface area contributed by atoms with Gasteiger partial charge in [-0.1, -0.05) is 42.5 Å². The Kier molecular flexibility index (Phi) is 5.59. The molecule has 2 aromatic carbocycles. The molecule has 0 radical (unpaired) electrons. The molecule has 0 aliphatic carbocycles. The maximum atomic E-state index is 13.8. The molecule has 1 N–H and O–H groups in total. The van der Waals surface area contributed by atoms with Gasteiger partial charge in [0.25, 0.3) is 0 Å². The average molecular weight is 368 g/mol. The van der Waals surface area contributed by atoms with Crippen molar-refractivity contribution in [3.8, 4) is 0 Å². The number of benzene rings is 2. The summed E-state index contributed by atoms with van der Waals surface area (Å²) in [5.74, 6) is -0.306. The maximum Gasteiger partial charge on any atom is 0.231 e. The Morgan fingerprint density at radius 3 is 2.37 bits per heavy atom. The van der Waals surface area contributed by atoms with Gasteiger partial charge >= 0.3 is 0 Å². The zero-order valence-corrected chi connectivity index (χ0v) is 15.8. The number of nitrogens with one attached hydrogen (secondary N) is 1. The number of piperidine rings is 1. The fourth-order valence-electron chi connectivity index (χ4n) is 3.71. The van der Waals surface area contributed by atoms with Crippen LogP contribution in [0.15, 0.2) is 48.5 Å². The van der Waals surface area contributed by atoms with Gasteiger partial charge in [-0.05, 0) is 42.5 Å². The number of amides is 2. The van der Waals surface area contributed by atoms with E-state index in [-0.39, 0.29) is 24.2 Å². The third kappa shape index (κ3) is 4.02. The lowest BCUT2D eigenvalue weighted by atomic mass is 9.72. The van der Waals surface area contributed by atoms with Crippen LogP contribution >= 0.6 is 0 Å². The van der Waals surface area contributed by atoms with Crippen LogP contribution in [0, 0.1) is 12.7 Å². The van der Waals surface area contributed by atoms with Crippen molar-refractivity contribution >= 4 is 11.8 Å². The van der Waals surface area contributed by atoms with Crippen molar-refractivity contribution < 1.29 is 14.0 Å². The van der Waals surface area contributed by atoms with E-state index in [1.807, 2.05) is 36.4 Å². The van der Waals surface area contributed by atoms with Gasteiger partial charge in [-0.25, -0.2) is 4.39 Å². The predicted octanol–water partition coefficient (Wildman–Crippen LogP) is 3.33. The molecule has 3 rings (SSSR count). The van der Waals surface area contributed by atoms with Crippen molar-refractivity contribution in [2.24, 2.45) is 0 Å². The van der Waals surface area contributed by atoms with E-state index in [0.717, 1.165) is 11.1 Å². The Morgan fingerprint density at radius 1 is 1.11 bits per heavy atom. The molecule has 0 aromatic heterocycles. The van der Waals surface area contributed by atoms with Gasteiger partial charge in [-0.2, -0.15) is 0 Å². The summed E-state index contributed by atoms with van der Waals surface area (Å²) < 4.78 is 13.8. The zero-order chi connectivity index (χ0) is 19.4. The van der Waals surface area contributed by atoms with E-state index in [2.05, 4.69) is 5.32 Å². The van der Waals surface area contributed by atoms with Gasteiger partial charge < -0.3 is 10.2 Å². The maximum absolute atomic E-state index is 13.8. The largest absolute Gasteiger partial charge is 0.351 e. The van der Waals surface area contributed by atoms with Crippen molar-refractivity contribution in [1.82, 2.24) is 10.2 Å². The molecule has 4 nitrogen and oxygen atoms in total. The van der Waals surface area contributed by atoms with E-state index in [9.17, 15) is 14.0 Å². The molecule has 0 bridgehead atoms.